The van der Waals surface area contributed by atoms with Crippen LogP contribution in [0.1, 0.15) is 33.1 Å². The van der Waals surface area contributed by atoms with Gasteiger partial charge in [-0.3, -0.25) is 0 Å². The molecule has 3 rings (SSSR count). The van der Waals surface area contributed by atoms with Gasteiger partial charge in [-0.2, -0.15) is 4.40 Å². The second-order valence-corrected chi connectivity index (χ2v) is 7.14. The Balaban J connectivity index is 2.22. The molecule has 2 atom stereocenters. The molecule has 0 amide bonds. The average Bonchev–Trinajstić information content (AvgIpc) is 2.50. The molecule has 3 aliphatic rings. The Hall–Kier alpha value is -0.380. The lowest BCUT2D eigenvalue weighted by atomic mass is 9.70. The second kappa shape index (κ2) is 2.08. The molecule has 0 radical (unpaired) electrons. The number of hydrogen-bond acceptors (Lipinski definition) is 2. The topological polar surface area (TPSA) is 46.5 Å². The van der Waals surface area contributed by atoms with Crippen molar-refractivity contribution in [1.29, 1.82) is 0 Å². The Labute approximate surface area is 84.7 Å². The summed E-state index contributed by atoms with van der Waals surface area (Å²) in [5.74, 6) is 0.940. The van der Waals surface area contributed by atoms with Gasteiger partial charge in [0, 0.05) is 11.1 Å². The highest BCUT2D eigenvalue weighted by Crippen LogP contribution is 2.66. The maximum atomic E-state index is 11.5. The van der Waals surface area contributed by atoms with Crippen molar-refractivity contribution in [3.05, 3.63) is 0 Å². The number of nitrogens with zero attached hydrogens (tertiary/aromatic N) is 1. The van der Waals surface area contributed by atoms with Crippen LogP contribution >= 0.6 is 0 Å². The van der Waals surface area contributed by atoms with Gasteiger partial charge >= 0.3 is 0 Å². The summed E-state index contributed by atoms with van der Waals surface area (Å²) in [7, 11) is -3.13. The Morgan fingerprint density at radius 3 is 2.71 bits per heavy atom. The predicted molar refractivity (Wildman–Crippen MR) is 54.8 cm³/mol. The summed E-state index contributed by atoms with van der Waals surface area (Å²) in [6, 6.07) is 0. The van der Waals surface area contributed by atoms with Gasteiger partial charge < -0.3 is 0 Å². The van der Waals surface area contributed by atoms with Crippen LogP contribution < -0.4 is 0 Å². The van der Waals surface area contributed by atoms with Crippen LogP contribution in [0.25, 0.3) is 0 Å². The molecule has 0 aromatic heterocycles. The molecule has 0 saturated heterocycles. The van der Waals surface area contributed by atoms with Gasteiger partial charge in [0.05, 0.1) is 5.75 Å². The van der Waals surface area contributed by atoms with E-state index < -0.39 is 10.0 Å². The first-order valence-corrected chi connectivity index (χ1v) is 6.80. The standard InChI is InChI=1S/C10H15NO2S/c1-9(2)7-3-4-10(9)6-14(12,13)11-8(10)5-7/h7H,3-6H2,1-2H3/t7-,10?/m0/s1. The summed E-state index contributed by atoms with van der Waals surface area (Å²) in [6.45, 7) is 4.43. The van der Waals surface area contributed by atoms with Crippen molar-refractivity contribution in [1.82, 2.24) is 0 Å². The summed E-state index contributed by atoms with van der Waals surface area (Å²) in [6.07, 6.45) is 3.14. The number of fused-ring (bicyclic) bond motifs is 1. The van der Waals surface area contributed by atoms with Crippen molar-refractivity contribution in [2.75, 3.05) is 5.75 Å². The molecule has 4 heteroatoms. The van der Waals surface area contributed by atoms with E-state index in [1.54, 1.807) is 0 Å². The molecule has 2 fully saturated rings. The van der Waals surface area contributed by atoms with E-state index in [2.05, 4.69) is 18.2 Å². The molecular weight excluding hydrogens is 198 g/mol. The molecule has 3 nitrogen and oxygen atoms in total. The maximum Gasteiger partial charge on any atom is 0.254 e. The molecule has 2 bridgehead atoms. The number of hydrogen-bond donors (Lipinski definition) is 0. The van der Waals surface area contributed by atoms with Gasteiger partial charge in [-0.1, -0.05) is 13.8 Å². The van der Waals surface area contributed by atoms with Gasteiger partial charge in [-0.25, -0.2) is 8.42 Å². The molecule has 2 saturated carbocycles. The molecule has 0 N–H and O–H groups in total. The highest BCUT2D eigenvalue weighted by molar-refractivity contribution is 7.90. The molecule has 2 aliphatic carbocycles. The van der Waals surface area contributed by atoms with Gasteiger partial charge in [-0.15, -0.1) is 0 Å². The van der Waals surface area contributed by atoms with E-state index >= 15 is 0 Å². The summed E-state index contributed by atoms with van der Waals surface area (Å²) in [4.78, 5) is 0. The smallest absolute Gasteiger partial charge is 0.205 e. The number of rotatable bonds is 0. The normalized spacial score (nSPS) is 46.4. The minimum Gasteiger partial charge on any atom is -0.205 e. The van der Waals surface area contributed by atoms with Crippen molar-refractivity contribution in [2.24, 2.45) is 21.1 Å². The first-order chi connectivity index (χ1) is 6.37. The Bertz CT molecular complexity index is 435. The Morgan fingerprint density at radius 1 is 1.43 bits per heavy atom. The predicted octanol–water partition coefficient (Wildman–Crippen LogP) is 1.60. The Kier molecular flexibility index (Phi) is 1.32. The largest absolute Gasteiger partial charge is 0.254 e. The minimum absolute atomic E-state index is 0.0868. The van der Waals surface area contributed by atoms with Crippen LogP contribution in [-0.2, 0) is 10.0 Å². The molecule has 78 valence electrons. The van der Waals surface area contributed by atoms with E-state index in [0.29, 0.717) is 5.92 Å². The van der Waals surface area contributed by atoms with Crippen LogP contribution in [0.5, 0.6) is 0 Å². The van der Waals surface area contributed by atoms with E-state index in [4.69, 9.17) is 0 Å². The fourth-order valence-electron chi connectivity index (χ4n) is 3.77. The Morgan fingerprint density at radius 2 is 2.14 bits per heavy atom. The van der Waals surface area contributed by atoms with Crippen LogP contribution in [0.4, 0.5) is 0 Å². The van der Waals surface area contributed by atoms with Crippen molar-refractivity contribution in [3.8, 4) is 0 Å². The van der Waals surface area contributed by atoms with Crippen LogP contribution in [0.15, 0.2) is 4.40 Å². The molecule has 0 aromatic rings. The first kappa shape index (κ1) is 8.89. The molecule has 1 unspecified atom stereocenters. The monoisotopic (exact) mass is 213 g/mol. The maximum absolute atomic E-state index is 11.5. The van der Waals surface area contributed by atoms with Gasteiger partial charge in [0.15, 0.2) is 0 Å². The van der Waals surface area contributed by atoms with Gasteiger partial charge in [0.1, 0.15) is 0 Å². The zero-order valence-electron chi connectivity index (χ0n) is 8.58. The summed E-state index contributed by atoms with van der Waals surface area (Å²) in [5, 5.41) is 0. The van der Waals surface area contributed by atoms with Crippen molar-refractivity contribution in [2.45, 2.75) is 33.1 Å². The van der Waals surface area contributed by atoms with E-state index in [0.717, 1.165) is 18.6 Å². The van der Waals surface area contributed by atoms with Gasteiger partial charge in [0.25, 0.3) is 10.0 Å². The zero-order chi connectivity index (χ0) is 10.2. The van der Waals surface area contributed by atoms with Crippen LogP contribution in [0.3, 0.4) is 0 Å². The van der Waals surface area contributed by atoms with Gasteiger partial charge in [-0.05, 0) is 30.6 Å². The van der Waals surface area contributed by atoms with Crippen molar-refractivity contribution in [3.63, 3.8) is 0 Å². The summed E-state index contributed by atoms with van der Waals surface area (Å²) >= 11 is 0. The minimum atomic E-state index is -3.13. The highest BCUT2D eigenvalue weighted by Gasteiger charge is 2.66. The van der Waals surface area contributed by atoms with E-state index in [1.807, 2.05) is 0 Å². The quantitative estimate of drug-likeness (QED) is 0.613. The fourth-order valence-corrected chi connectivity index (χ4v) is 5.73. The highest BCUT2D eigenvalue weighted by atomic mass is 32.2. The van der Waals surface area contributed by atoms with Crippen molar-refractivity contribution >= 4 is 15.7 Å². The molecule has 0 aromatic carbocycles. The molecule has 14 heavy (non-hydrogen) atoms. The zero-order valence-corrected chi connectivity index (χ0v) is 9.39. The van der Waals surface area contributed by atoms with Crippen LogP contribution in [0.2, 0.25) is 0 Å². The van der Waals surface area contributed by atoms with Crippen molar-refractivity contribution < 1.29 is 8.42 Å². The van der Waals surface area contributed by atoms with Gasteiger partial charge in [0.2, 0.25) is 0 Å². The average molecular weight is 213 g/mol. The summed E-state index contributed by atoms with van der Waals surface area (Å²) in [5.41, 5.74) is 1.05. The lowest BCUT2D eigenvalue weighted by molar-refractivity contribution is 0.198. The van der Waals surface area contributed by atoms with E-state index in [9.17, 15) is 8.42 Å². The molecule has 1 heterocycles. The van der Waals surface area contributed by atoms with E-state index in [1.165, 1.54) is 6.42 Å². The molecule has 1 spiro atoms. The summed E-state index contributed by atoms with van der Waals surface area (Å²) < 4.78 is 27.0. The van der Waals surface area contributed by atoms with Crippen LogP contribution in [-0.4, -0.2) is 19.9 Å². The van der Waals surface area contributed by atoms with Crippen LogP contribution in [0, 0.1) is 16.7 Å². The SMILES string of the molecule is CC1(C)[C@H]2CCC13CS(=O)(=O)N=C3C2. The lowest BCUT2D eigenvalue weighted by Gasteiger charge is -2.34. The first-order valence-electron chi connectivity index (χ1n) is 5.19. The third-order valence-corrected chi connectivity index (χ3v) is 6.20. The third-order valence-electron chi connectivity index (χ3n) is 4.84. The number of sulfonamides is 1. The lowest BCUT2D eigenvalue weighted by Crippen LogP contribution is -2.37. The fraction of sp³-hybridized carbons (Fsp3) is 0.900. The molecular formula is C10H15NO2S. The van der Waals surface area contributed by atoms with E-state index in [-0.39, 0.29) is 16.6 Å². The molecule has 1 aliphatic heterocycles. The third kappa shape index (κ3) is 0.757. The second-order valence-electron chi connectivity index (χ2n) is 5.51.